The second-order valence-electron chi connectivity index (χ2n) is 9.76. The molecule has 2 N–H and O–H groups in total. The Kier molecular flexibility index (Phi) is 6.68. The van der Waals surface area contributed by atoms with Gasteiger partial charge in [-0.25, -0.2) is 14.8 Å². The molecule has 9 nitrogen and oxygen atoms in total. The van der Waals surface area contributed by atoms with Crippen LogP contribution in [-0.4, -0.2) is 64.0 Å². The predicted molar refractivity (Wildman–Crippen MR) is 137 cm³/mol. The summed E-state index contributed by atoms with van der Waals surface area (Å²) in [6, 6.07) is 9.19. The summed E-state index contributed by atoms with van der Waals surface area (Å²) in [5.74, 6) is -0.715. The highest BCUT2D eigenvalue weighted by molar-refractivity contribution is 5.94. The molecule has 1 saturated carbocycles. The minimum atomic E-state index is -2.90. The number of aromatic nitrogens is 3. The number of aliphatic imine (C=N–C) groups is 1. The number of nitrogens with zero attached hydrogens (tertiary/aromatic N) is 5. The number of esters is 1. The maximum Gasteiger partial charge on any atom is 0.331 e. The quantitative estimate of drug-likeness (QED) is 0.275. The topological polar surface area (TPSA) is 116 Å². The van der Waals surface area contributed by atoms with Gasteiger partial charge in [-0.3, -0.25) is 9.48 Å². The molecule has 3 heterocycles. The third-order valence-electron chi connectivity index (χ3n) is 7.53. The Morgan fingerprint density at radius 2 is 2.08 bits per heavy atom. The van der Waals surface area contributed by atoms with E-state index in [0.29, 0.717) is 25.0 Å². The molecule has 1 aliphatic heterocycles. The van der Waals surface area contributed by atoms with Crippen molar-refractivity contribution < 1.29 is 23.1 Å². The van der Waals surface area contributed by atoms with E-state index in [1.54, 1.807) is 10.9 Å². The van der Waals surface area contributed by atoms with Gasteiger partial charge in [0.25, 0.3) is 0 Å². The number of likely N-dealkylation sites (tertiary alicyclic amines) is 1. The van der Waals surface area contributed by atoms with Gasteiger partial charge in [-0.05, 0) is 47.7 Å². The van der Waals surface area contributed by atoms with Crippen LogP contribution in [-0.2, 0) is 21.4 Å². The van der Waals surface area contributed by atoms with Gasteiger partial charge in [0.2, 0.25) is 5.91 Å². The molecule has 5 rings (SSSR count). The molecule has 0 unspecified atom stereocenters. The number of nitrogens with two attached hydrogens (primary N) is 1. The summed E-state index contributed by atoms with van der Waals surface area (Å²) < 4.78 is 31.7. The van der Waals surface area contributed by atoms with Gasteiger partial charge in [0.15, 0.2) is 5.65 Å². The predicted octanol–water partition coefficient (Wildman–Crippen LogP) is 3.41. The van der Waals surface area contributed by atoms with Gasteiger partial charge in [-0.1, -0.05) is 24.3 Å². The Bertz CT molecular complexity index is 1430. The van der Waals surface area contributed by atoms with Gasteiger partial charge in [-0.15, -0.1) is 0 Å². The number of carbonyl (C=O) groups is 2. The largest absolute Gasteiger partial charge is 0.467 e. The molecule has 0 bridgehead atoms. The number of rotatable bonds is 8. The van der Waals surface area contributed by atoms with Crippen molar-refractivity contribution in [2.24, 2.45) is 23.2 Å². The lowest BCUT2D eigenvalue weighted by Gasteiger charge is -2.26. The van der Waals surface area contributed by atoms with Crippen molar-refractivity contribution >= 4 is 29.1 Å². The zero-order chi connectivity index (χ0) is 27.0. The molecule has 2 aromatic heterocycles. The van der Waals surface area contributed by atoms with E-state index in [1.807, 2.05) is 43.6 Å². The summed E-state index contributed by atoms with van der Waals surface area (Å²) in [5.41, 5.74) is 8.95. The molecule has 2 aliphatic rings. The lowest BCUT2D eigenvalue weighted by atomic mass is 9.96. The van der Waals surface area contributed by atoms with Crippen molar-refractivity contribution in [2.45, 2.75) is 37.8 Å². The molecule has 198 valence electrons. The average molecular weight is 523 g/mol. The summed E-state index contributed by atoms with van der Waals surface area (Å²) in [5, 5.41) is 5.27. The van der Waals surface area contributed by atoms with Crippen molar-refractivity contribution in [3.63, 3.8) is 0 Å². The first-order valence-electron chi connectivity index (χ1n) is 12.3. The summed E-state index contributed by atoms with van der Waals surface area (Å²) in [4.78, 5) is 35.1. The number of ether oxygens (including phenoxy) is 1. The second kappa shape index (κ2) is 9.96. The number of benzene rings is 1. The van der Waals surface area contributed by atoms with E-state index in [1.165, 1.54) is 12.0 Å². The van der Waals surface area contributed by atoms with Crippen LogP contribution in [0.5, 0.6) is 0 Å². The smallest absolute Gasteiger partial charge is 0.331 e. The summed E-state index contributed by atoms with van der Waals surface area (Å²) in [6.07, 6.45) is 6.98. The van der Waals surface area contributed by atoms with Crippen LogP contribution in [0.4, 0.5) is 8.78 Å². The molecule has 1 spiro atoms. The number of amides is 1. The highest BCUT2D eigenvalue weighted by atomic mass is 19.3. The van der Waals surface area contributed by atoms with Crippen LogP contribution in [0.2, 0.25) is 0 Å². The van der Waals surface area contributed by atoms with Crippen molar-refractivity contribution in [1.82, 2.24) is 19.7 Å². The SMILES string of the molecule is COC(=O)[C@@H](CC(=C/N)/C=N/C(F)F)N1CC[C@@]2(C[C@@H]2c2ccc(-c3cnc4nn(C)cc4c3)cc2)C1=O. The highest BCUT2D eigenvalue weighted by Crippen LogP contribution is 2.65. The van der Waals surface area contributed by atoms with Crippen LogP contribution in [0, 0.1) is 5.41 Å². The van der Waals surface area contributed by atoms with Gasteiger partial charge in [0, 0.05) is 49.6 Å². The molecule has 11 heteroatoms. The minimum absolute atomic E-state index is 0.0381. The van der Waals surface area contributed by atoms with E-state index in [-0.39, 0.29) is 23.8 Å². The number of carbonyl (C=O) groups excluding carboxylic acids is 2. The maximum atomic E-state index is 13.6. The molecule has 0 radical (unpaired) electrons. The molecule has 1 saturated heterocycles. The molecule has 3 aromatic rings. The lowest BCUT2D eigenvalue weighted by molar-refractivity contribution is -0.152. The van der Waals surface area contributed by atoms with Gasteiger partial charge in [0.05, 0.1) is 12.5 Å². The second-order valence-corrected chi connectivity index (χ2v) is 9.76. The Morgan fingerprint density at radius 1 is 1.32 bits per heavy atom. The Labute approximate surface area is 218 Å². The van der Waals surface area contributed by atoms with Crippen LogP contribution in [0.1, 0.15) is 30.7 Å². The van der Waals surface area contributed by atoms with Crippen molar-refractivity contribution in [2.75, 3.05) is 13.7 Å². The molecule has 1 amide bonds. The molecule has 2 fully saturated rings. The molecule has 1 aliphatic carbocycles. The highest BCUT2D eigenvalue weighted by Gasteiger charge is 2.65. The number of aryl methyl sites for hydroxylation is 1. The monoisotopic (exact) mass is 522 g/mol. The van der Waals surface area contributed by atoms with E-state index < -0.39 is 24.0 Å². The first-order valence-corrected chi connectivity index (χ1v) is 12.3. The Morgan fingerprint density at radius 3 is 2.76 bits per heavy atom. The zero-order valence-electron chi connectivity index (χ0n) is 21.1. The van der Waals surface area contributed by atoms with E-state index in [9.17, 15) is 18.4 Å². The average Bonchev–Trinajstić information content (AvgIpc) is 3.40. The number of hydrogen-bond donors (Lipinski definition) is 1. The number of methoxy groups -OCH3 is 1. The molecular weight excluding hydrogens is 494 g/mol. The first-order chi connectivity index (χ1) is 18.3. The number of halogens is 2. The Hall–Kier alpha value is -4.15. The van der Waals surface area contributed by atoms with Gasteiger partial charge in [0.1, 0.15) is 6.04 Å². The fourth-order valence-corrected chi connectivity index (χ4v) is 5.46. The van der Waals surface area contributed by atoms with Gasteiger partial charge in [-0.2, -0.15) is 13.9 Å². The first kappa shape index (κ1) is 25.5. The van der Waals surface area contributed by atoms with Crippen molar-refractivity contribution in [3.05, 3.63) is 60.1 Å². The van der Waals surface area contributed by atoms with Crippen LogP contribution in [0.15, 0.2) is 59.5 Å². The number of pyridine rings is 1. The van der Waals surface area contributed by atoms with E-state index in [4.69, 9.17) is 10.5 Å². The van der Waals surface area contributed by atoms with Crippen LogP contribution in [0.3, 0.4) is 0 Å². The maximum absolute atomic E-state index is 13.6. The molecule has 38 heavy (non-hydrogen) atoms. The fraction of sp³-hybridized carbons (Fsp3) is 0.370. The summed E-state index contributed by atoms with van der Waals surface area (Å²) >= 11 is 0. The van der Waals surface area contributed by atoms with Gasteiger partial charge < -0.3 is 15.4 Å². The number of alkyl halides is 2. The minimum Gasteiger partial charge on any atom is -0.467 e. The number of fused-ring (bicyclic) bond motifs is 1. The zero-order valence-corrected chi connectivity index (χ0v) is 21.1. The molecular formula is C27H28F2N6O3. The van der Waals surface area contributed by atoms with Gasteiger partial charge >= 0.3 is 12.5 Å². The third kappa shape index (κ3) is 4.64. The third-order valence-corrected chi connectivity index (χ3v) is 7.53. The molecule has 1 aromatic carbocycles. The van der Waals surface area contributed by atoms with Crippen LogP contribution >= 0.6 is 0 Å². The van der Waals surface area contributed by atoms with E-state index in [0.717, 1.165) is 34.5 Å². The summed E-state index contributed by atoms with van der Waals surface area (Å²) in [6.45, 7) is -2.53. The van der Waals surface area contributed by atoms with Crippen LogP contribution < -0.4 is 5.73 Å². The number of hydrogen-bond acceptors (Lipinski definition) is 7. The Balaban J connectivity index is 1.31. The molecule has 3 atom stereocenters. The normalized spacial score (nSPS) is 22.2. The van der Waals surface area contributed by atoms with Crippen molar-refractivity contribution in [3.8, 4) is 11.1 Å². The fourth-order valence-electron chi connectivity index (χ4n) is 5.46. The van der Waals surface area contributed by atoms with E-state index >= 15 is 0 Å². The van der Waals surface area contributed by atoms with Crippen molar-refractivity contribution in [1.29, 1.82) is 0 Å². The lowest BCUT2D eigenvalue weighted by Crippen LogP contribution is -2.44. The van der Waals surface area contributed by atoms with Crippen LogP contribution in [0.25, 0.3) is 22.2 Å². The van der Waals surface area contributed by atoms with E-state index in [2.05, 4.69) is 15.1 Å². The summed E-state index contributed by atoms with van der Waals surface area (Å²) in [7, 11) is 3.09. The standard InChI is InChI=1S/C27H28F2N6O3/c1-34-15-20-10-19(14-31-23(20)33-34)17-3-5-18(6-4-17)21-11-27(21)7-8-35(25(27)37)22(24(36)38-2)9-16(12-30)13-32-26(28)29/h3-6,10,12-15,21-22,26H,7-9,11,30H2,1-2H3/b16-12-,32-13+/t21-,22-,27+/m1/s1.